The van der Waals surface area contributed by atoms with E-state index in [1.54, 1.807) is 20.8 Å². The van der Waals surface area contributed by atoms with Gasteiger partial charge in [-0.05, 0) is 20.8 Å². The van der Waals surface area contributed by atoms with Crippen molar-refractivity contribution >= 4 is 17.7 Å². The van der Waals surface area contributed by atoms with Gasteiger partial charge in [0.05, 0.1) is 6.10 Å². The van der Waals surface area contributed by atoms with E-state index in [4.69, 9.17) is 4.74 Å². The van der Waals surface area contributed by atoms with Crippen LogP contribution in [0.4, 0.5) is 0 Å². The summed E-state index contributed by atoms with van der Waals surface area (Å²) in [7, 11) is 0. The molecule has 8 heteroatoms. The molecule has 0 bridgehead atoms. The van der Waals surface area contributed by atoms with Crippen molar-refractivity contribution in [2.45, 2.75) is 37.2 Å². The lowest BCUT2D eigenvalue weighted by molar-refractivity contribution is -0.146. The quantitative estimate of drug-likeness (QED) is 0.577. The maximum Gasteiger partial charge on any atom is 0.342 e. The molecule has 0 aromatic carbocycles. The summed E-state index contributed by atoms with van der Waals surface area (Å²) in [4.78, 5) is 35.5. The van der Waals surface area contributed by atoms with E-state index in [0.29, 0.717) is 0 Å². The number of aromatic amines is 2. The number of aromatic nitrogens is 3. The lowest BCUT2D eigenvalue weighted by Gasteiger charge is -2.12. The van der Waals surface area contributed by atoms with Crippen LogP contribution >= 0.6 is 11.8 Å². The average Bonchev–Trinajstić information content (AvgIpc) is 2.21. The van der Waals surface area contributed by atoms with Gasteiger partial charge in [0.15, 0.2) is 5.03 Å². The van der Waals surface area contributed by atoms with Crippen LogP contribution in [-0.4, -0.2) is 32.5 Å². The molecule has 0 aliphatic heterocycles. The second-order valence-electron chi connectivity index (χ2n) is 3.56. The first kappa shape index (κ1) is 13.5. The van der Waals surface area contributed by atoms with Crippen molar-refractivity contribution in [2.24, 2.45) is 0 Å². The smallest absolute Gasteiger partial charge is 0.342 e. The minimum atomic E-state index is -0.684. The average molecular weight is 259 g/mol. The van der Waals surface area contributed by atoms with E-state index in [1.807, 2.05) is 4.98 Å². The van der Waals surface area contributed by atoms with Crippen molar-refractivity contribution in [1.29, 1.82) is 0 Å². The van der Waals surface area contributed by atoms with Gasteiger partial charge in [0.1, 0.15) is 5.25 Å². The number of rotatable bonds is 4. The van der Waals surface area contributed by atoms with Crippen molar-refractivity contribution in [3.63, 3.8) is 0 Å². The molecule has 0 fully saturated rings. The maximum absolute atomic E-state index is 11.5. The molecule has 0 saturated heterocycles. The van der Waals surface area contributed by atoms with Gasteiger partial charge in [-0.2, -0.15) is 5.10 Å². The van der Waals surface area contributed by atoms with Crippen molar-refractivity contribution in [1.82, 2.24) is 15.2 Å². The van der Waals surface area contributed by atoms with Gasteiger partial charge in [-0.15, -0.1) is 0 Å². The number of carbonyl (C=O) groups excluding carboxylic acids is 1. The van der Waals surface area contributed by atoms with E-state index in [-0.39, 0.29) is 11.1 Å². The first-order valence-electron chi connectivity index (χ1n) is 4.96. The second-order valence-corrected chi connectivity index (χ2v) is 4.89. The van der Waals surface area contributed by atoms with E-state index in [0.717, 1.165) is 11.8 Å². The maximum atomic E-state index is 11.5. The topological polar surface area (TPSA) is 105 Å². The summed E-state index contributed by atoms with van der Waals surface area (Å²) in [5.74, 6) is -0.433. The SMILES string of the molecule is CC(C)OC(=O)[C@H](C)Sc1n[nH]c(=O)[nH]c1=O. The van der Waals surface area contributed by atoms with Gasteiger partial charge in [-0.3, -0.25) is 14.6 Å². The van der Waals surface area contributed by atoms with Gasteiger partial charge < -0.3 is 4.74 Å². The molecule has 1 heterocycles. The molecule has 1 atom stereocenters. The largest absolute Gasteiger partial charge is 0.462 e. The number of nitrogens with zero attached hydrogens (tertiary/aromatic N) is 1. The predicted octanol–water partition coefficient (Wildman–Crippen LogP) is -0.110. The normalized spacial score (nSPS) is 12.5. The van der Waals surface area contributed by atoms with Gasteiger partial charge >= 0.3 is 11.7 Å². The van der Waals surface area contributed by atoms with Crippen LogP contribution in [0.1, 0.15) is 20.8 Å². The molecule has 0 unspecified atom stereocenters. The molecule has 0 spiro atoms. The van der Waals surface area contributed by atoms with E-state index in [9.17, 15) is 14.4 Å². The summed E-state index contributed by atoms with van der Waals surface area (Å²) in [6.07, 6.45) is -0.215. The molecule has 0 saturated carbocycles. The third-order valence-corrected chi connectivity index (χ3v) is 2.70. The summed E-state index contributed by atoms with van der Waals surface area (Å²) in [5, 5.41) is 5.10. The third-order valence-electron chi connectivity index (χ3n) is 1.65. The molecule has 0 amide bonds. The van der Waals surface area contributed by atoms with Crippen LogP contribution in [0.15, 0.2) is 14.6 Å². The summed E-state index contributed by atoms with van der Waals surface area (Å²) in [6, 6.07) is 0. The first-order chi connectivity index (χ1) is 7.90. The number of carbonyl (C=O) groups is 1. The van der Waals surface area contributed by atoms with Crippen molar-refractivity contribution in [3.8, 4) is 0 Å². The second kappa shape index (κ2) is 5.67. The number of hydrogen-bond donors (Lipinski definition) is 2. The molecule has 1 rings (SSSR count). The van der Waals surface area contributed by atoms with Crippen molar-refractivity contribution in [3.05, 3.63) is 20.8 Å². The first-order valence-corrected chi connectivity index (χ1v) is 5.84. The fourth-order valence-corrected chi connectivity index (χ4v) is 1.70. The number of esters is 1. The van der Waals surface area contributed by atoms with Gasteiger partial charge in [-0.1, -0.05) is 11.8 Å². The molecular formula is C9H13N3O4S. The van der Waals surface area contributed by atoms with Crippen LogP contribution in [0, 0.1) is 0 Å². The highest BCUT2D eigenvalue weighted by molar-refractivity contribution is 8.00. The van der Waals surface area contributed by atoms with Gasteiger partial charge in [0.25, 0.3) is 5.56 Å². The minimum Gasteiger partial charge on any atom is -0.462 e. The molecule has 7 nitrogen and oxygen atoms in total. The summed E-state index contributed by atoms with van der Waals surface area (Å²) in [6.45, 7) is 5.07. The number of nitrogens with one attached hydrogen (secondary N) is 2. The number of ether oxygens (including phenoxy) is 1. The monoisotopic (exact) mass is 259 g/mol. The van der Waals surface area contributed by atoms with E-state index in [1.165, 1.54) is 0 Å². The van der Waals surface area contributed by atoms with Crippen LogP contribution in [0.3, 0.4) is 0 Å². The highest BCUT2D eigenvalue weighted by Crippen LogP contribution is 2.18. The zero-order chi connectivity index (χ0) is 13.0. The number of hydrogen-bond acceptors (Lipinski definition) is 6. The molecule has 0 aliphatic rings. The van der Waals surface area contributed by atoms with Crippen LogP contribution in [-0.2, 0) is 9.53 Å². The fraction of sp³-hybridized carbons (Fsp3) is 0.556. The Labute approximate surface area is 101 Å². The predicted molar refractivity (Wildman–Crippen MR) is 62.0 cm³/mol. The zero-order valence-corrected chi connectivity index (χ0v) is 10.5. The van der Waals surface area contributed by atoms with Crippen molar-refractivity contribution in [2.75, 3.05) is 0 Å². The summed E-state index contributed by atoms with van der Waals surface area (Å²) in [5.41, 5.74) is -1.31. The van der Waals surface area contributed by atoms with E-state index >= 15 is 0 Å². The lowest BCUT2D eigenvalue weighted by atomic mass is 10.4. The Morgan fingerprint density at radius 2 is 2.00 bits per heavy atom. The van der Waals surface area contributed by atoms with Crippen LogP contribution in [0.5, 0.6) is 0 Å². The molecular weight excluding hydrogens is 246 g/mol. The van der Waals surface area contributed by atoms with Crippen molar-refractivity contribution < 1.29 is 9.53 Å². The number of thioether (sulfide) groups is 1. The molecule has 0 aliphatic carbocycles. The Kier molecular flexibility index (Phi) is 4.50. The Morgan fingerprint density at radius 3 is 2.53 bits per heavy atom. The molecule has 17 heavy (non-hydrogen) atoms. The summed E-state index contributed by atoms with van der Waals surface area (Å²) < 4.78 is 4.98. The highest BCUT2D eigenvalue weighted by atomic mass is 32.2. The van der Waals surface area contributed by atoms with Gasteiger partial charge in [0, 0.05) is 0 Å². The standard InChI is InChI=1S/C9H13N3O4S/c1-4(2)16-8(14)5(3)17-7-6(13)10-9(15)12-11-7/h4-5H,1-3H3,(H2,10,12,13,15)/t5-/m0/s1. The molecule has 1 aromatic rings. The fourth-order valence-electron chi connectivity index (χ4n) is 0.960. The lowest BCUT2D eigenvalue weighted by Crippen LogP contribution is -2.27. The van der Waals surface area contributed by atoms with Gasteiger partial charge in [-0.25, -0.2) is 9.89 Å². The molecule has 1 aromatic heterocycles. The zero-order valence-electron chi connectivity index (χ0n) is 9.64. The highest BCUT2D eigenvalue weighted by Gasteiger charge is 2.19. The Morgan fingerprint density at radius 1 is 1.35 bits per heavy atom. The third kappa shape index (κ3) is 4.06. The minimum absolute atomic E-state index is 0.0257. The van der Waals surface area contributed by atoms with Crippen LogP contribution in [0.2, 0.25) is 0 Å². The Hall–Kier alpha value is -1.57. The molecule has 2 N–H and O–H groups in total. The number of H-pyrrole nitrogens is 2. The van der Waals surface area contributed by atoms with E-state index < -0.39 is 22.5 Å². The summed E-state index contributed by atoms with van der Waals surface area (Å²) >= 11 is 0.929. The molecule has 94 valence electrons. The molecule has 0 radical (unpaired) electrons. The van der Waals surface area contributed by atoms with E-state index in [2.05, 4.69) is 10.2 Å². The Balaban J connectivity index is 2.74. The van der Waals surface area contributed by atoms with Crippen LogP contribution in [0.25, 0.3) is 0 Å². The Bertz CT molecular complexity index is 507. The van der Waals surface area contributed by atoms with Crippen LogP contribution < -0.4 is 11.2 Å². The van der Waals surface area contributed by atoms with Gasteiger partial charge in [0.2, 0.25) is 0 Å².